The maximum Gasteiger partial charge on any atom is 0.0534 e. The molecule has 102 valence electrons. The molecule has 0 saturated carbocycles. The standard InChI is InChI=1S/C13H22N4.ClH/c1-2-17-9-11(7-15-17)8-16-6-4-13-12(10-16)3-5-14-13;/h7,9,12-14H,2-6,8,10H2,1H3;1H. The second kappa shape index (κ2) is 6.04. The zero-order valence-electron chi connectivity index (χ0n) is 11.0. The van der Waals surface area contributed by atoms with Crippen LogP contribution in [0.2, 0.25) is 0 Å². The molecule has 3 rings (SSSR count). The number of hydrogen-bond acceptors (Lipinski definition) is 3. The number of hydrogen-bond donors (Lipinski definition) is 1. The molecule has 0 spiro atoms. The minimum Gasteiger partial charge on any atom is -0.314 e. The summed E-state index contributed by atoms with van der Waals surface area (Å²) < 4.78 is 2.01. The molecule has 2 aliphatic rings. The molecule has 0 radical (unpaired) electrons. The maximum atomic E-state index is 4.34. The smallest absolute Gasteiger partial charge is 0.0534 e. The lowest BCUT2D eigenvalue weighted by Gasteiger charge is -2.34. The van der Waals surface area contributed by atoms with Gasteiger partial charge in [0.1, 0.15) is 0 Å². The summed E-state index contributed by atoms with van der Waals surface area (Å²) in [6, 6.07) is 0.796. The predicted molar refractivity (Wildman–Crippen MR) is 74.9 cm³/mol. The largest absolute Gasteiger partial charge is 0.314 e. The summed E-state index contributed by atoms with van der Waals surface area (Å²) in [4.78, 5) is 2.59. The van der Waals surface area contributed by atoms with Crippen LogP contribution in [-0.2, 0) is 13.1 Å². The van der Waals surface area contributed by atoms with Gasteiger partial charge in [0, 0.05) is 37.4 Å². The third-order valence-corrected chi connectivity index (χ3v) is 4.16. The lowest BCUT2D eigenvalue weighted by atomic mass is 9.93. The van der Waals surface area contributed by atoms with Crippen molar-refractivity contribution >= 4 is 12.4 Å². The Morgan fingerprint density at radius 2 is 2.33 bits per heavy atom. The normalized spacial score (nSPS) is 27.8. The van der Waals surface area contributed by atoms with E-state index in [-0.39, 0.29) is 12.4 Å². The second-order valence-electron chi connectivity index (χ2n) is 5.34. The van der Waals surface area contributed by atoms with E-state index < -0.39 is 0 Å². The third kappa shape index (κ3) is 2.87. The van der Waals surface area contributed by atoms with Crippen molar-refractivity contribution in [3.05, 3.63) is 18.0 Å². The Balaban J connectivity index is 0.00000120. The van der Waals surface area contributed by atoms with Crippen LogP contribution in [-0.4, -0.2) is 40.4 Å². The van der Waals surface area contributed by atoms with Crippen LogP contribution in [0, 0.1) is 5.92 Å². The Hall–Kier alpha value is -0.580. The maximum absolute atomic E-state index is 4.34. The minimum atomic E-state index is 0. The van der Waals surface area contributed by atoms with Crippen LogP contribution < -0.4 is 5.32 Å². The first kappa shape index (κ1) is 13.8. The molecule has 5 heteroatoms. The fraction of sp³-hybridized carbons (Fsp3) is 0.769. The molecule has 4 nitrogen and oxygen atoms in total. The van der Waals surface area contributed by atoms with Crippen molar-refractivity contribution in [1.82, 2.24) is 20.0 Å². The van der Waals surface area contributed by atoms with E-state index >= 15 is 0 Å². The van der Waals surface area contributed by atoms with Gasteiger partial charge in [0.05, 0.1) is 6.20 Å². The second-order valence-corrected chi connectivity index (χ2v) is 5.34. The Morgan fingerprint density at radius 3 is 3.11 bits per heavy atom. The molecule has 0 bridgehead atoms. The number of nitrogens with one attached hydrogen (secondary N) is 1. The van der Waals surface area contributed by atoms with Crippen molar-refractivity contribution in [2.24, 2.45) is 5.92 Å². The van der Waals surface area contributed by atoms with E-state index in [1.165, 1.54) is 38.0 Å². The number of aryl methyl sites for hydroxylation is 1. The summed E-state index contributed by atoms with van der Waals surface area (Å²) in [5.74, 6) is 0.880. The van der Waals surface area contributed by atoms with E-state index in [1.807, 2.05) is 10.9 Å². The molecule has 2 saturated heterocycles. The van der Waals surface area contributed by atoms with Gasteiger partial charge in [-0.1, -0.05) is 0 Å². The average molecular weight is 271 g/mol. The van der Waals surface area contributed by atoms with Gasteiger partial charge in [-0.2, -0.15) is 5.10 Å². The van der Waals surface area contributed by atoms with Gasteiger partial charge in [0.15, 0.2) is 0 Å². The molecule has 0 aromatic carbocycles. The number of nitrogens with zero attached hydrogens (tertiary/aromatic N) is 3. The first-order valence-electron chi connectivity index (χ1n) is 6.82. The SMILES string of the molecule is CCn1cc(CN2CCC3NCCC3C2)cn1.Cl. The quantitative estimate of drug-likeness (QED) is 0.904. The van der Waals surface area contributed by atoms with E-state index in [0.29, 0.717) is 0 Å². The van der Waals surface area contributed by atoms with E-state index in [2.05, 4.69) is 28.4 Å². The molecule has 3 heterocycles. The van der Waals surface area contributed by atoms with Crippen LogP contribution in [0.3, 0.4) is 0 Å². The first-order valence-corrected chi connectivity index (χ1v) is 6.82. The first-order chi connectivity index (χ1) is 8.35. The molecule has 2 fully saturated rings. The summed E-state index contributed by atoms with van der Waals surface area (Å²) in [6.07, 6.45) is 6.86. The summed E-state index contributed by atoms with van der Waals surface area (Å²) in [5, 5.41) is 7.96. The fourth-order valence-corrected chi connectivity index (χ4v) is 3.19. The Kier molecular flexibility index (Phi) is 4.65. The van der Waals surface area contributed by atoms with E-state index in [9.17, 15) is 0 Å². The molecule has 2 atom stereocenters. The van der Waals surface area contributed by atoms with Gasteiger partial charge >= 0.3 is 0 Å². The number of aromatic nitrogens is 2. The molecule has 2 aliphatic heterocycles. The van der Waals surface area contributed by atoms with Crippen LogP contribution in [0.1, 0.15) is 25.3 Å². The Morgan fingerprint density at radius 1 is 1.44 bits per heavy atom. The molecule has 1 N–H and O–H groups in total. The monoisotopic (exact) mass is 270 g/mol. The molecule has 18 heavy (non-hydrogen) atoms. The summed E-state index contributed by atoms with van der Waals surface area (Å²) >= 11 is 0. The predicted octanol–water partition coefficient (Wildman–Crippen LogP) is 1.51. The number of piperidine rings is 1. The van der Waals surface area contributed by atoms with Crippen LogP contribution in [0.25, 0.3) is 0 Å². The molecule has 1 aromatic rings. The fourth-order valence-electron chi connectivity index (χ4n) is 3.19. The molecular formula is C13H23ClN4. The van der Waals surface area contributed by atoms with Gasteiger partial charge in [-0.15, -0.1) is 12.4 Å². The van der Waals surface area contributed by atoms with Gasteiger partial charge < -0.3 is 5.32 Å². The number of likely N-dealkylation sites (tertiary alicyclic amines) is 1. The summed E-state index contributed by atoms with van der Waals surface area (Å²) in [6.45, 7) is 7.88. The zero-order chi connectivity index (χ0) is 11.7. The van der Waals surface area contributed by atoms with Crippen molar-refractivity contribution in [1.29, 1.82) is 0 Å². The van der Waals surface area contributed by atoms with Crippen LogP contribution in [0.15, 0.2) is 12.4 Å². The molecule has 0 aliphatic carbocycles. The minimum absolute atomic E-state index is 0. The molecular weight excluding hydrogens is 248 g/mol. The van der Waals surface area contributed by atoms with Gasteiger partial charge in [0.2, 0.25) is 0 Å². The van der Waals surface area contributed by atoms with Crippen molar-refractivity contribution in [3.8, 4) is 0 Å². The van der Waals surface area contributed by atoms with Gasteiger partial charge in [-0.05, 0) is 38.8 Å². The topological polar surface area (TPSA) is 33.1 Å². The summed E-state index contributed by atoms with van der Waals surface area (Å²) in [5.41, 5.74) is 1.36. The van der Waals surface area contributed by atoms with Crippen molar-refractivity contribution in [3.63, 3.8) is 0 Å². The Labute approximate surface area is 115 Å². The van der Waals surface area contributed by atoms with E-state index in [0.717, 1.165) is 25.0 Å². The highest BCUT2D eigenvalue weighted by molar-refractivity contribution is 5.85. The molecule has 1 aromatic heterocycles. The highest BCUT2D eigenvalue weighted by Crippen LogP contribution is 2.25. The van der Waals surface area contributed by atoms with Crippen molar-refractivity contribution in [2.75, 3.05) is 19.6 Å². The number of rotatable bonds is 3. The van der Waals surface area contributed by atoms with Crippen molar-refractivity contribution < 1.29 is 0 Å². The highest BCUT2D eigenvalue weighted by Gasteiger charge is 2.32. The van der Waals surface area contributed by atoms with Gasteiger partial charge in [-0.25, -0.2) is 0 Å². The van der Waals surface area contributed by atoms with Crippen LogP contribution in [0.4, 0.5) is 0 Å². The number of halogens is 1. The highest BCUT2D eigenvalue weighted by atomic mass is 35.5. The molecule has 0 amide bonds. The van der Waals surface area contributed by atoms with Crippen LogP contribution in [0.5, 0.6) is 0 Å². The summed E-state index contributed by atoms with van der Waals surface area (Å²) in [7, 11) is 0. The van der Waals surface area contributed by atoms with Gasteiger partial charge in [-0.3, -0.25) is 9.58 Å². The average Bonchev–Trinajstić information content (AvgIpc) is 2.96. The number of fused-ring (bicyclic) bond motifs is 1. The van der Waals surface area contributed by atoms with E-state index in [4.69, 9.17) is 0 Å². The van der Waals surface area contributed by atoms with E-state index in [1.54, 1.807) is 0 Å². The van der Waals surface area contributed by atoms with Crippen LogP contribution >= 0.6 is 12.4 Å². The van der Waals surface area contributed by atoms with Gasteiger partial charge in [0.25, 0.3) is 0 Å². The zero-order valence-corrected chi connectivity index (χ0v) is 11.8. The lowest BCUT2D eigenvalue weighted by molar-refractivity contribution is 0.156. The Bertz CT molecular complexity index is 379. The van der Waals surface area contributed by atoms with Crippen molar-refractivity contribution in [2.45, 2.75) is 38.9 Å². The lowest BCUT2D eigenvalue weighted by Crippen LogP contribution is -2.43. The molecule has 2 unspecified atom stereocenters. The third-order valence-electron chi connectivity index (χ3n) is 4.16.